The SMILES string of the molecule is C=CCc1cnc2c(c1)C(=O)Nc1c(C)cc(F)nc1N2CC. The molecular formula is C17H17FN4O. The number of anilines is 3. The smallest absolute Gasteiger partial charge is 0.259 e. The summed E-state index contributed by atoms with van der Waals surface area (Å²) >= 11 is 0. The van der Waals surface area contributed by atoms with Crippen LogP contribution in [0.1, 0.15) is 28.4 Å². The average molecular weight is 312 g/mol. The van der Waals surface area contributed by atoms with E-state index in [2.05, 4.69) is 21.9 Å². The second-order valence-corrected chi connectivity index (χ2v) is 5.37. The molecule has 0 saturated heterocycles. The van der Waals surface area contributed by atoms with Crippen LogP contribution in [-0.2, 0) is 6.42 Å². The number of nitrogens with zero attached hydrogens (tertiary/aromatic N) is 3. The lowest BCUT2D eigenvalue weighted by molar-refractivity contribution is 0.102. The van der Waals surface area contributed by atoms with Gasteiger partial charge in [0.25, 0.3) is 5.91 Å². The number of aromatic nitrogens is 2. The average Bonchev–Trinajstić information content (AvgIpc) is 2.63. The van der Waals surface area contributed by atoms with Crippen LogP contribution in [0.15, 0.2) is 31.0 Å². The Hall–Kier alpha value is -2.76. The van der Waals surface area contributed by atoms with E-state index in [9.17, 15) is 9.18 Å². The summed E-state index contributed by atoms with van der Waals surface area (Å²) in [6.45, 7) is 7.86. The van der Waals surface area contributed by atoms with Crippen molar-refractivity contribution in [2.75, 3.05) is 16.8 Å². The van der Waals surface area contributed by atoms with Crippen LogP contribution in [0.25, 0.3) is 0 Å². The molecule has 0 spiro atoms. The molecule has 0 radical (unpaired) electrons. The van der Waals surface area contributed by atoms with Crippen LogP contribution in [0.3, 0.4) is 0 Å². The Bertz CT molecular complexity index is 803. The molecular weight excluding hydrogens is 295 g/mol. The zero-order chi connectivity index (χ0) is 16.6. The summed E-state index contributed by atoms with van der Waals surface area (Å²) in [5, 5.41) is 2.83. The maximum Gasteiger partial charge on any atom is 0.259 e. The Morgan fingerprint density at radius 1 is 1.39 bits per heavy atom. The summed E-state index contributed by atoms with van der Waals surface area (Å²) < 4.78 is 13.8. The predicted molar refractivity (Wildman–Crippen MR) is 87.7 cm³/mol. The molecule has 0 unspecified atom stereocenters. The van der Waals surface area contributed by atoms with Crippen molar-refractivity contribution in [2.24, 2.45) is 0 Å². The summed E-state index contributed by atoms with van der Waals surface area (Å²) in [6, 6.07) is 3.10. The van der Waals surface area contributed by atoms with Gasteiger partial charge < -0.3 is 10.2 Å². The van der Waals surface area contributed by atoms with Gasteiger partial charge in [0.2, 0.25) is 5.95 Å². The fourth-order valence-corrected chi connectivity index (χ4v) is 2.71. The summed E-state index contributed by atoms with van der Waals surface area (Å²) in [5.41, 5.74) is 2.48. The van der Waals surface area contributed by atoms with Crippen molar-refractivity contribution in [2.45, 2.75) is 20.3 Å². The minimum Gasteiger partial charge on any atom is -0.318 e. The zero-order valence-electron chi connectivity index (χ0n) is 13.1. The minimum absolute atomic E-state index is 0.271. The summed E-state index contributed by atoms with van der Waals surface area (Å²) in [7, 11) is 0. The normalized spacial score (nSPS) is 13.0. The Kier molecular flexibility index (Phi) is 3.82. The summed E-state index contributed by atoms with van der Waals surface area (Å²) in [4.78, 5) is 22.7. The highest BCUT2D eigenvalue weighted by atomic mass is 19.1. The Morgan fingerprint density at radius 3 is 2.87 bits per heavy atom. The van der Waals surface area contributed by atoms with E-state index < -0.39 is 5.95 Å². The van der Waals surface area contributed by atoms with Crippen molar-refractivity contribution in [3.8, 4) is 0 Å². The molecule has 1 N–H and O–H groups in total. The number of fused-ring (bicyclic) bond motifs is 2. The van der Waals surface area contributed by atoms with E-state index in [4.69, 9.17) is 0 Å². The van der Waals surface area contributed by atoms with Crippen LogP contribution in [0.2, 0.25) is 0 Å². The van der Waals surface area contributed by atoms with E-state index in [-0.39, 0.29) is 5.91 Å². The van der Waals surface area contributed by atoms with Crippen molar-refractivity contribution in [3.05, 3.63) is 53.6 Å². The van der Waals surface area contributed by atoms with Crippen LogP contribution in [-0.4, -0.2) is 22.4 Å². The molecule has 5 nitrogen and oxygen atoms in total. The molecule has 6 heteroatoms. The second-order valence-electron chi connectivity index (χ2n) is 5.37. The topological polar surface area (TPSA) is 58.1 Å². The summed E-state index contributed by atoms with van der Waals surface area (Å²) in [5.74, 6) is 0.00271. The van der Waals surface area contributed by atoms with Crippen molar-refractivity contribution in [1.82, 2.24) is 9.97 Å². The zero-order valence-corrected chi connectivity index (χ0v) is 13.1. The van der Waals surface area contributed by atoms with E-state index in [0.717, 1.165) is 5.56 Å². The first-order chi connectivity index (χ1) is 11.0. The molecule has 1 amide bonds. The molecule has 0 saturated carbocycles. The number of allylic oxidation sites excluding steroid dienone is 1. The number of aryl methyl sites for hydroxylation is 1. The van der Waals surface area contributed by atoms with E-state index >= 15 is 0 Å². The lowest BCUT2D eigenvalue weighted by Crippen LogP contribution is -2.20. The monoisotopic (exact) mass is 312 g/mol. The number of nitrogens with one attached hydrogen (secondary N) is 1. The highest BCUT2D eigenvalue weighted by Gasteiger charge is 2.28. The fraction of sp³-hybridized carbons (Fsp3) is 0.235. The van der Waals surface area contributed by atoms with Crippen LogP contribution in [0.4, 0.5) is 21.7 Å². The van der Waals surface area contributed by atoms with Crippen molar-refractivity contribution >= 4 is 23.2 Å². The van der Waals surface area contributed by atoms with Crippen LogP contribution in [0, 0.1) is 12.9 Å². The van der Waals surface area contributed by atoms with E-state index in [1.807, 2.05) is 6.92 Å². The van der Waals surface area contributed by atoms with Gasteiger partial charge in [0.15, 0.2) is 5.82 Å². The first kappa shape index (κ1) is 15.1. The van der Waals surface area contributed by atoms with E-state index in [1.165, 1.54) is 6.07 Å². The van der Waals surface area contributed by atoms with Gasteiger partial charge in [-0.3, -0.25) is 4.79 Å². The minimum atomic E-state index is -0.583. The lowest BCUT2D eigenvalue weighted by atomic mass is 10.1. The maximum absolute atomic E-state index is 13.8. The molecule has 0 aromatic carbocycles. The molecule has 0 fully saturated rings. The third-order valence-electron chi connectivity index (χ3n) is 3.78. The number of amides is 1. The fourth-order valence-electron chi connectivity index (χ4n) is 2.71. The molecule has 1 aliphatic rings. The van der Waals surface area contributed by atoms with Crippen molar-refractivity contribution in [1.29, 1.82) is 0 Å². The Balaban J connectivity index is 2.23. The number of hydrogen-bond donors (Lipinski definition) is 1. The molecule has 0 bridgehead atoms. The summed E-state index contributed by atoms with van der Waals surface area (Å²) in [6.07, 6.45) is 4.08. The van der Waals surface area contributed by atoms with Gasteiger partial charge in [-0.2, -0.15) is 9.37 Å². The molecule has 23 heavy (non-hydrogen) atoms. The van der Waals surface area contributed by atoms with Gasteiger partial charge in [0.05, 0.1) is 11.3 Å². The van der Waals surface area contributed by atoms with Crippen molar-refractivity contribution < 1.29 is 9.18 Å². The van der Waals surface area contributed by atoms with Gasteiger partial charge in [-0.1, -0.05) is 6.08 Å². The van der Waals surface area contributed by atoms with Crippen LogP contribution >= 0.6 is 0 Å². The molecule has 3 rings (SSSR count). The van der Waals surface area contributed by atoms with Crippen molar-refractivity contribution in [3.63, 3.8) is 0 Å². The third kappa shape index (κ3) is 2.56. The second kappa shape index (κ2) is 5.79. The van der Waals surface area contributed by atoms with Crippen LogP contribution in [0.5, 0.6) is 0 Å². The van der Waals surface area contributed by atoms with Gasteiger partial charge in [-0.05, 0) is 43.5 Å². The predicted octanol–water partition coefficient (Wildman–Crippen LogP) is 3.38. The maximum atomic E-state index is 13.8. The number of hydrogen-bond acceptors (Lipinski definition) is 4. The largest absolute Gasteiger partial charge is 0.318 e. The third-order valence-corrected chi connectivity index (χ3v) is 3.78. The van der Waals surface area contributed by atoms with Crippen LogP contribution < -0.4 is 10.2 Å². The molecule has 0 atom stereocenters. The molecule has 118 valence electrons. The molecule has 1 aliphatic heterocycles. The highest BCUT2D eigenvalue weighted by Crippen LogP contribution is 2.37. The number of rotatable bonds is 3. The quantitative estimate of drug-likeness (QED) is 0.697. The Labute approximate surface area is 133 Å². The van der Waals surface area contributed by atoms with Gasteiger partial charge in [-0.25, -0.2) is 4.98 Å². The van der Waals surface area contributed by atoms with Gasteiger partial charge in [0.1, 0.15) is 5.82 Å². The molecule has 2 aromatic rings. The van der Waals surface area contributed by atoms with Gasteiger partial charge in [0, 0.05) is 12.7 Å². The lowest BCUT2D eigenvalue weighted by Gasteiger charge is -2.22. The molecule has 2 aromatic heterocycles. The Morgan fingerprint density at radius 2 is 2.17 bits per heavy atom. The van der Waals surface area contributed by atoms with E-state index in [0.29, 0.717) is 41.4 Å². The van der Waals surface area contributed by atoms with E-state index in [1.54, 1.807) is 30.2 Å². The number of halogens is 1. The van der Waals surface area contributed by atoms with Gasteiger partial charge >= 0.3 is 0 Å². The number of carbonyl (C=O) groups excluding carboxylic acids is 1. The first-order valence-electron chi connectivity index (χ1n) is 7.41. The standard InChI is InChI=1S/C17H17FN4O/c1-4-6-11-8-12-15(19-9-11)22(5-2)16-14(21-17(12)23)10(3)7-13(18)20-16/h4,7-9H,1,5-6H2,2-3H3,(H,21,23). The van der Waals surface area contributed by atoms with Gasteiger partial charge in [-0.15, -0.1) is 6.58 Å². The number of carbonyl (C=O) groups is 1. The highest BCUT2D eigenvalue weighted by molar-refractivity contribution is 6.11. The molecule has 3 heterocycles. The first-order valence-corrected chi connectivity index (χ1v) is 7.41. The number of pyridine rings is 2. The molecule has 0 aliphatic carbocycles.